The number of aliphatic carboxylic acids is 1. The zero-order valence-corrected chi connectivity index (χ0v) is 9.75. The van der Waals surface area contributed by atoms with Crippen LogP contribution >= 0.6 is 15.9 Å². The van der Waals surface area contributed by atoms with Gasteiger partial charge in [-0.05, 0) is 31.0 Å². The summed E-state index contributed by atoms with van der Waals surface area (Å²) in [4.78, 5) is 11.4. The molecule has 1 heterocycles. The SMILES string of the molecule is O=C(O)C1(c2ccccc2Br)CCCN1. The Morgan fingerprint density at radius 3 is 2.73 bits per heavy atom. The van der Waals surface area contributed by atoms with Crippen molar-refractivity contribution in [3.05, 3.63) is 34.3 Å². The lowest BCUT2D eigenvalue weighted by Crippen LogP contribution is -2.44. The van der Waals surface area contributed by atoms with Crippen LogP contribution in [0.5, 0.6) is 0 Å². The van der Waals surface area contributed by atoms with Gasteiger partial charge in [0.15, 0.2) is 0 Å². The van der Waals surface area contributed by atoms with E-state index < -0.39 is 11.5 Å². The van der Waals surface area contributed by atoms with Crippen molar-refractivity contribution in [2.24, 2.45) is 0 Å². The van der Waals surface area contributed by atoms with Gasteiger partial charge in [0.25, 0.3) is 0 Å². The van der Waals surface area contributed by atoms with E-state index in [1.54, 1.807) is 0 Å². The molecule has 80 valence electrons. The molecule has 0 saturated carbocycles. The van der Waals surface area contributed by atoms with E-state index in [9.17, 15) is 9.90 Å². The van der Waals surface area contributed by atoms with Gasteiger partial charge in [-0.3, -0.25) is 5.32 Å². The van der Waals surface area contributed by atoms with E-state index in [4.69, 9.17) is 0 Å². The minimum absolute atomic E-state index is 0.644. The highest BCUT2D eigenvalue weighted by Gasteiger charge is 2.43. The van der Waals surface area contributed by atoms with Crippen molar-refractivity contribution >= 4 is 21.9 Å². The summed E-state index contributed by atoms with van der Waals surface area (Å²) in [6.45, 7) is 0.758. The van der Waals surface area contributed by atoms with E-state index in [0.29, 0.717) is 6.42 Å². The number of benzene rings is 1. The topological polar surface area (TPSA) is 49.3 Å². The number of carboxylic acid groups (broad SMARTS) is 1. The molecule has 1 aromatic carbocycles. The average Bonchev–Trinajstić information content (AvgIpc) is 2.68. The Balaban J connectivity index is 2.50. The monoisotopic (exact) mass is 269 g/mol. The van der Waals surface area contributed by atoms with Crippen LogP contribution in [-0.2, 0) is 10.3 Å². The largest absolute Gasteiger partial charge is 0.480 e. The molecule has 4 heteroatoms. The number of halogens is 1. The van der Waals surface area contributed by atoms with Gasteiger partial charge in [-0.15, -0.1) is 0 Å². The fourth-order valence-corrected chi connectivity index (χ4v) is 2.70. The fourth-order valence-electron chi connectivity index (χ4n) is 2.08. The van der Waals surface area contributed by atoms with Gasteiger partial charge >= 0.3 is 5.97 Å². The molecule has 0 aliphatic carbocycles. The molecular weight excluding hydrogens is 258 g/mol. The van der Waals surface area contributed by atoms with Crippen LogP contribution in [0, 0.1) is 0 Å². The van der Waals surface area contributed by atoms with Gasteiger partial charge in [0.05, 0.1) is 0 Å². The Morgan fingerprint density at radius 1 is 1.47 bits per heavy atom. The van der Waals surface area contributed by atoms with Crippen LogP contribution < -0.4 is 5.32 Å². The molecule has 1 unspecified atom stereocenters. The van der Waals surface area contributed by atoms with Crippen molar-refractivity contribution in [2.45, 2.75) is 18.4 Å². The zero-order chi connectivity index (χ0) is 10.9. The fraction of sp³-hybridized carbons (Fsp3) is 0.364. The number of rotatable bonds is 2. The minimum atomic E-state index is -0.903. The molecule has 1 aromatic rings. The highest BCUT2D eigenvalue weighted by molar-refractivity contribution is 9.10. The quantitative estimate of drug-likeness (QED) is 0.865. The van der Waals surface area contributed by atoms with Gasteiger partial charge in [-0.2, -0.15) is 0 Å². The molecular formula is C11H12BrNO2. The summed E-state index contributed by atoms with van der Waals surface area (Å²) in [5.41, 5.74) is -0.0879. The van der Waals surface area contributed by atoms with E-state index in [2.05, 4.69) is 21.2 Å². The third kappa shape index (κ3) is 1.68. The Labute approximate surface area is 96.6 Å². The lowest BCUT2D eigenvalue weighted by atomic mass is 9.88. The average molecular weight is 270 g/mol. The predicted molar refractivity (Wildman–Crippen MR) is 60.7 cm³/mol. The van der Waals surface area contributed by atoms with E-state index in [1.807, 2.05) is 24.3 Å². The van der Waals surface area contributed by atoms with E-state index in [-0.39, 0.29) is 0 Å². The van der Waals surface area contributed by atoms with E-state index >= 15 is 0 Å². The number of carbonyl (C=O) groups is 1. The summed E-state index contributed by atoms with van der Waals surface area (Å²) in [7, 11) is 0. The predicted octanol–water partition coefficient (Wildman–Crippen LogP) is 2.11. The number of hydrogen-bond acceptors (Lipinski definition) is 2. The molecule has 1 aliphatic heterocycles. The normalized spacial score (nSPS) is 25.4. The molecule has 0 amide bonds. The summed E-state index contributed by atoms with van der Waals surface area (Å²) in [6.07, 6.45) is 1.54. The first kappa shape index (κ1) is 10.6. The van der Waals surface area contributed by atoms with Crippen molar-refractivity contribution in [3.63, 3.8) is 0 Å². The minimum Gasteiger partial charge on any atom is -0.480 e. The van der Waals surface area contributed by atoms with Crippen molar-refractivity contribution in [1.82, 2.24) is 5.32 Å². The second-order valence-electron chi connectivity index (χ2n) is 3.72. The van der Waals surface area contributed by atoms with Gasteiger partial charge in [0.1, 0.15) is 5.54 Å². The first-order valence-electron chi connectivity index (χ1n) is 4.90. The second kappa shape index (κ2) is 3.94. The Morgan fingerprint density at radius 2 is 2.20 bits per heavy atom. The summed E-state index contributed by atoms with van der Waals surface area (Å²) < 4.78 is 0.849. The third-order valence-electron chi connectivity index (χ3n) is 2.85. The molecule has 2 N–H and O–H groups in total. The lowest BCUT2D eigenvalue weighted by Gasteiger charge is -2.26. The maximum atomic E-state index is 11.4. The second-order valence-corrected chi connectivity index (χ2v) is 4.57. The first-order chi connectivity index (χ1) is 7.17. The highest BCUT2D eigenvalue weighted by atomic mass is 79.9. The van der Waals surface area contributed by atoms with Crippen LogP contribution in [0.2, 0.25) is 0 Å². The molecule has 0 radical (unpaired) electrons. The molecule has 15 heavy (non-hydrogen) atoms. The Bertz CT molecular complexity index is 386. The lowest BCUT2D eigenvalue weighted by molar-refractivity contribution is -0.144. The molecule has 1 fully saturated rings. The van der Waals surface area contributed by atoms with Gasteiger partial charge < -0.3 is 5.11 Å². The smallest absolute Gasteiger partial charge is 0.328 e. The van der Waals surface area contributed by atoms with Gasteiger partial charge in [0, 0.05) is 4.47 Å². The Hall–Kier alpha value is -0.870. The van der Waals surface area contributed by atoms with Gasteiger partial charge in [-0.25, -0.2) is 4.79 Å². The molecule has 1 atom stereocenters. The van der Waals surface area contributed by atoms with Crippen LogP contribution in [-0.4, -0.2) is 17.6 Å². The summed E-state index contributed by atoms with van der Waals surface area (Å²) >= 11 is 3.41. The highest BCUT2D eigenvalue weighted by Crippen LogP contribution is 2.35. The zero-order valence-electron chi connectivity index (χ0n) is 8.16. The number of hydrogen-bond donors (Lipinski definition) is 2. The first-order valence-corrected chi connectivity index (χ1v) is 5.69. The van der Waals surface area contributed by atoms with Crippen molar-refractivity contribution in [3.8, 4) is 0 Å². The van der Waals surface area contributed by atoms with Gasteiger partial charge in [-0.1, -0.05) is 34.1 Å². The standard InChI is InChI=1S/C11H12BrNO2/c12-9-5-2-1-4-8(9)11(10(14)15)6-3-7-13-11/h1-2,4-5,13H,3,6-7H2,(H,14,15). The van der Waals surface area contributed by atoms with Crippen LogP contribution in [0.3, 0.4) is 0 Å². The van der Waals surface area contributed by atoms with Crippen molar-refractivity contribution < 1.29 is 9.90 Å². The maximum Gasteiger partial charge on any atom is 0.328 e. The third-order valence-corrected chi connectivity index (χ3v) is 3.55. The van der Waals surface area contributed by atoms with Crippen LogP contribution in [0.4, 0.5) is 0 Å². The van der Waals surface area contributed by atoms with E-state index in [1.165, 1.54) is 0 Å². The van der Waals surface area contributed by atoms with Crippen LogP contribution in [0.15, 0.2) is 28.7 Å². The van der Waals surface area contributed by atoms with Crippen molar-refractivity contribution in [1.29, 1.82) is 0 Å². The molecule has 0 spiro atoms. The molecule has 3 nitrogen and oxygen atoms in total. The number of nitrogens with one attached hydrogen (secondary N) is 1. The van der Waals surface area contributed by atoms with Gasteiger partial charge in [0.2, 0.25) is 0 Å². The molecule has 2 rings (SSSR count). The molecule has 0 aromatic heterocycles. The molecule has 1 aliphatic rings. The molecule has 0 bridgehead atoms. The summed E-state index contributed by atoms with van der Waals surface area (Å²) in [5.74, 6) is -0.799. The maximum absolute atomic E-state index is 11.4. The van der Waals surface area contributed by atoms with Crippen LogP contribution in [0.25, 0.3) is 0 Å². The summed E-state index contributed by atoms with van der Waals surface area (Å²) in [6, 6.07) is 7.49. The Kier molecular flexibility index (Phi) is 2.80. The van der Waals surface area contributed by atoms with E-state index in [0.717, 1.165) is 23.0 Å². The summed E-state index contributed by atoms with van der Waals surface area (Å²) in [5, 5.41) is 12.5. The van der Waals surface area contributed by atoms with Crippen LogP contribution in [0.1, 0.15) is 18.4 Å². The number of carboxylic acids is 1. The molecule has 1 saturated heterocycles. The van der Waals surface area contributed by atoms with Crippen molar-refractivity contribution in [2.75, 3.05) is 6.54 Å².